The van der Waals surface area contributed by atoms with Gasteiger partial charge in [0.2, 0.25) is 12.1 Å². The quantitative estimate of drug-likeness (QED) is 0.0406. The number of halogens is 5. The van der Waals surface area contributed by atoms with E-state index >= 15 is 0 Å². The zero-order chi connectivity index (χ0) is 45.8. The molecular weight excluding hydrogens is 914 g/mol. The summed E-state index contributed by atoms with van der Waals surface area (Å²) < 4.78 is 0. The fourth-order valence-corrected chi connectivity index (χ4v) is 6.70. The predicted molar refractivity (Wildman–Crippen MR) is 247 cm³/mol. The molecule has 0 heterocycles. The van der Waals surface area contributed by atoms with Gasteiger partial charge in [0.05, 0.1) is 26.5 Å². The Hall–Kier alpha value is -6.03. The van der Waals surface area contributed by atoms with Crippen molar-refractivity contribution in [2.75, 3.05) is 21.3 Å². The lowest BCUT2D eigenvalue weighted by Crippen LogP contribution is -2.32. The largest absolute Gasteiger partial charge is 0.324 e. The molecule has 3 atom stereocenters. The van der Waals surface area contributed by atoms with E-state index in [4.69, 9.17) is 58.0 Å². The number of carbonyl (C=O) groups excluding carboxylic acids is 6. The maximum atomic E-state index is 13.5. The second kappa shape index (κ2) is 22.4. The highest BCUT2D eigenvalue weighted by Crippen LogP contribution is 2.33. The summed E-state index contributed by atoms with van der Waals surface area (Å²) in [6.07, 6.45) is 0. The van der Waals surface area contributed by atoms with Crippen molar-refractivity contribution in [2.45, 2.75) is 50.0 Å². The first-order chi connectivity index (χ1) is 30.1. The Balaban J connectivity index is 1.27. The van der Waals surface area contributed by atoms with Crippen LogP contribution in [0, 0.1) is 0 Å². The van der Waals surface area contributed by atoms with Crippen LogP contribution in [0.4, 0.5) is 34.1 Å². The van der Waals surface area contributed by atoms with Gasteiger partial charge in [-0.05, 0) is 104 Å². The molecule has 0 fully saturated rings. The van der Waals surface area contributed by atoms with Crippen LogP contribution in [-0.4, -0.2) is 47.3 Å². The SMILES string of the molecule is CC(=O)C(N=Nc1cccc(C(=O)Nc2ccc(CCl)cc2)c1Cl)C(=O)Nc1ccc(NC(=O)C(N=Nc2cccc(C(=O)Nc3ccc(CCl)cc3)c2Cl)C(C)=O)c(C(C)Cl)c1. The molecule has 4 amide bonds. The van der Waals surface area contributed by atoms with Crippen LogP contribution in [0.2, 0.25) is 10.0 Å². The van der Waals surface area contributed by atoms with E-state index in [2.05, 4.69) is 41.7 Å². The summed E-state index contributed by atoms with van der Waals surface area (Å²) in [7, 11) is 0. The fraction of sp³-hybridized carbons (Fsp3) is 0.182. The van der Waals surface area contributed by atoms with Crippen LogP contribution in [0.5, 0.6) is 0 Å². The van der Waals surface area contributed by atoms with E-state index in [1.54, 1.807) is 55.5 Å². The second-order valence-corrected chi connectivity index (χ2v) is 15.6. The van der Waals surface area contributed by atoms with Gasteiger partial charge in [0.15, 0.2) is 11.6 Å². The third-order valence-electron chi connectivity index (χ3n) is 9.01. The third kappa shape index (κ3) is 12.8. The lowest BCUT2D eigenvalue weighted by molar-refractivity contribution is -0.127. The first-order valence-electron chi connectivity index (χ1n) is 18.8. The number of alkyl halides is 3. The lowest BCUT2D eigenvalue weighted by atomic mass is 10.1. The average molecular weight is 951 g/mol. The van der Waals surface area contributed by atoms with Crippen LogP contribution in [0.15, 0.2) is 124 Å². The van der Waals surface area contributed by atoms with Gasteiger partial charge in [-0.2, -0.15) is 20.5 Å². The van der Waals surface area contributed by atoms with E-state index in [0.717, 1.165) is 25.0 Å². The summed E-state index contributed by atoms with van der Waals surface area (Å²) >= 11 is 31.2. The fourth-order valence-electron chi connectivity index (χ4n) is 5.67. The number of amides is 4. The van der Waals surface area contributed by atoms with Crippen molar-refractivity contribution >= 4 is 127 Å². The Morgan fingerprint density at radius 3 is 1.37 bits per heavy atom. The first kappa shape index (κ1) is 48.0. The molecule has 5 aromatic rings. The molecule has 0 aliphatic rings. The Morgan fingerprint density at radius 1 is 0.556 bits per heavy atom. The summed E-state index contributed by atoms with van der Waals surface area (Å²) in [4.78, 5) is 78.1. The molecule has 5 rings (SSSR count). The maximum absolute atomic E-state index is 13.5. The minimum Gasteiger partial charge on any atom is -0.324 e. The van der Waals surface area contributed by atoms with Crippen molar-refractivity contribution in [3.63, 3.8) is 0 Å². The number of nitrogens with one attached hydrogen (secondary N) is 4. The Kier molecular flexibility index (Phi) is 17.0. The Labute approximate surface area is 386 Å². The average Bonchev–Trinajstić information content (AvgIpc) is 3.25. The number of hydrogen-bond acceptors (Lipinski definition) is 10. The Morgan fingerprint density at radius 2 is 0.968 bits per heavy atom. The molecule has 0 saturated heterocycles. The molecule has 5 aromatic carbocycles. The number of hydrogen-bond donors (Lipinski definition) is 4. The number of rotatable bonds is 17. The van der Waals surface area contributed by atoms with E-state index in [9.17, 15) is 28.8 Å². The zero-order valence-electron chi connectivity index (χ0n) is 33.6. The summed E-state index contributed by atoms with van der Waals surface area (Å²) in [5.74, 6) is -3.42. The van der Waals surface area contributed by atoms with Crippen LogP contribution in [0.3, 0.4) is 0 Å². The van der Waals surface area contributed by atoms with Crippen molar-refractivity contribution in [1.29, 1.82) is 0 Å². The highest BCUT2D eigenvalue weighted by atomic mass is 35.5. The van der Waals surface area contributed by atoms with Gasteiger partial charge < -0.3 is 21.3 Å². The van der Waals surface area contributed by atoms with Crippen molar-refractivity contribution in [3.8, 4) is 0 Å². The van der Waals surface area contributed by atoms with Crippen molar-refractivity contribution in [2.24, 2.45) is 20.5 Å². The van der Waals surface area contributed by atoms with Crippen LogP contribution < -0.4 is 21.3 Å². The topological polar surface area (TPSA) is 200 Å². The van der Waals surface area contributed by atoms with Crippen LogP contribution in [0.1, 0.15) is 63.6 Å². The highest BCUT2D eigenvalue weighted by Gasteiger charge is 2.27. The standard InChI is InChI=1S/C44H37Cl5N8O6/c1-23(47)33-20-30(52-43(62)39(24(2)58)56-54-35-8-4-6-31(37(35)48)41(60)50-28-14-10-26(21-45)11-15-28)18-19-34(33)53-44(63)40(25(3)59)57-55-36-9-5-7-32(38(36)49)42(61)51-29-16-12-27(22-46)13-17-29/h4-20,23,39-40H,21-22H2,1-3H3,(H,50,60)(H,51,61)(H,52,62)(H,53,63). The van der Waals surface area contributed by atoms with E-state index in [0.29, 0.717) is 28.7 Å². The summed E-state index contributed by atoms with van der Waals surface area (Å²) in [6.45, 7) is 3.92. The number of carbonyl (C=O) groups is 6. The third-order valence-corrected chi connectivity index (χ3v) is 10.7. The number of nitrogens with zero attached hydrogens (tertiary/aromatic N) is 4. The second-order valence-electron chi connectivity index (χ2n) is 13.7. The van der Waals surface area contributed by atoms with Crippen LogP contribution >= 0.6 is 58.0 Å². The number of anilines is 4. The smallest absolute Gasteiger partial charge is 0.258 e. The predicted octanol–water partition coefficient (Wildman–Crippen LogP) is 11.6. The molecule has 0 aliphatic carbocycles. The molecule has 0 aromatic heterocycles. The van der Waals surface area contributed by atoms with Crippen LogP contribution in [0.25, 0.3) is 0 Å². The van der Waals surface area contributed by atoms with Gasteiger partial charge >= 0.3 is 0 Å². The molecule has 0 bridgehead atoms. The van der Waals surface area contributed by atoms with Crippen molar-refractivity contribution in [1.82, 2.24) is 0 Å². The van der Waals surface area contributed by atoms with E-state index < -0.39 is 52.7 Å². The molecule has 0 spiro atoms. The summed E-state index contributed by atoms with van der Waals surface area (Å²) in [5, 5.41) is 25.8. The molecule has 14 nitrogen and oxygen atoms in total. The van der Waals surface area contributed by atoms with E-state index in [1.807, 2.05) is 0 Å². The highest BCUT2D eigenvalue weighted by molar-refractivity contribution is 6.37. The van der Waals surface area contributed by atoms with Gasteiger partial charge in [-0.15, -0.1) is 34.8 Å². The minimum atomic E-state index is -1.63. The lowest BCUT2D eigenvalue weighted by Gasteiger charge is -2.17. The van der Waals surface area contributed by atoms with Gasteiger partial charge in [-0.25, -0.2) is 0 Å². The number of Topliss-reactive ketones (excluding diaryl/α,β-unsaturated/α-hetero) is 2. The zero-order valence-corrected chi connectivity index (χ0v) is 37.4. The molecular formula is C44H37Cl5N8O6. The van der Waals surface area contributed by atoms with Gasteiger partial charge in [0, 0.05) is 34.5 Å². The van der Waals surface area contributed by atoms with Gasteiger partial charge in [-0.3, -0.25) is 28.8 Å². The molecule has 3 unspecified atom stereocenters. The van der Waals surface area contributed by atoms with E-state index in [1.165, 1.54) is 54.6 Å². The Bertz CT molecular complexity index is 2610. The van der Waals surface area contributed by atoms with Gasteiger partial charge in [0.25, 0.3) is 23.6 Å². The number of azo groups is 2. The first-order valence-corrected chi connectivity index (χ1v) is 21.1. The van der Waals surface area contributed by atoms with Gasteiger partial charge in [-0.1, -0.05) is 59.6 Å². The van der Waals surface area contributed by atoms with Crippen molar-refractivity contribution in [3.05, 3.63) is 141 Å². The summed E-state index contributed by atoms with van der Waals surface area (Å²) in [5.41, 5.74) is 3.68. The molecule has 0 radical (unpaired) electrons. The normalized spacial score (nSPS) is 12.6. The van der Waals surface area contributed by atoms with Crippen molar-refractivity contribution < 1.29 is 28.8 Å². The maximum Gasteiger partial charge on any atom is 0.258 e. The molecule has 19 heteroatoms. The molecule has 4 N–H and O–H groups in total. The molecule has 0 aliphatic heterocycles. The molecule has 324 valence electrons. The van der Waals surface area contributed by atoms with Crippen LogP contribution in [-0.2, 0) is 30.9 Å². The molecule has 0 saturated carbocycles. The van der Waals surface area contributed by atoms with E-state index in [-0.39, 0.29) is 43.9 Å². The number of benzene rings is 5. The number of ketones is 2. The molecule has 63 heavy (non-hydrogen) atoms. The summed E-state index contributed by atoms with van der Waals surface area (Å²) in [6, 6.07) is 23.9. The monoisotopic (exact) mass is 948 g/mol. The van der Waals surface area contributed by atoms with Gasteiger partial charge in [0.1, 0.15) is 11.4 Å². The minimum absolute atomic E-state index is 0.0317.